The number of aromatic nitrogens is 8. The van der Waals surface area contributed by atoms with Gasteiger partial charge in [-0.25, -0.2) is 38.2 Å². The molecule has 115 heavy (non-hydrogen) atoms. The summed E-state index contributed by atoms with van der Waals surface area (Å²) in [5, 5.41) is 6.66. The number of furan rings is 1. The number of pyridine rings is 6. The van der Waals surface area contributed by atoms with E-state index in [0.717, 1.165) is 113 Å². The molecule has 9 heterocycles. The van der Waals surface area contributed by atoms with Gasteiger partial charge < -0.3 is 4.42 Å². The molecule has 18 aromatic rings. The molecule has 1 saturated carbocycles. The molecule has 0 bridgehead atoms. The molecule has 0 spiro atoms. The van der Waals surface area contributed by atoms with E-state index in [0.29, 0.717) is 33.8 Å². The first-order valence-corrected chi connectivity index (χ1v) is 40.5. The first kappa shape index (κ1) is 68.1. The van der Waals surface area contributed by atoms with Crippen LogP contribution in [-0.4, -0.2) is 19.9 Å². The topological polar surface area (TPSA) is 80.2 Å². The molecule has 0 atom stereocenters. The van der Waals surface area contributed by atoms with E-state index >= 15 is 0 Å². The fraction of sp³-hybridized carbons (Fsp3) is 0.200. The van der Waals surface area contributed by atoms with E-state index in [1.807, 2.05) is 165 Å². The van der Waals surface area contributed by atoms with Crippen molar-refractivity contribution in [1.82, 2.24) is 19.9 Å². The Kier molecular flexibility index (Phi) is 19.3. The number of benzene rings is 9. The number of rotatable bonds is 9. The van der Waals surface area contributed by atoms with Gasteiger partial charge in [-0.1, -0.05) is 170 Å². The highest BCUT2D eigenvalue weighted by molar-refractivity contribution is 7.26. The molecule has 0 saturated heterocycles. The summed E-state index contributed by atoms with van der Waals surface area (Å²) < 4.78 is 74.7. The summed E-state index contributed by atoms with van der Waals surface area (Å²) >= 11 is 1.89. The van der Waals surface area contributed by atoms with E-state index in [9.17, 15) is 1.37 Å². The van der Waals surface area contributed by atoms with Crippen molar-refractivity contribution in [3.05, 3.63) is 334 Å². The van der Waals surface area contributed by atoms with Gasteiger partial charge in [-0.3, -0.25) is 0 Å². The summed E-state index contributed by atoms with van der Waals surface area (Å²) in [4.78, 5) is 19.0. The van der Waals surface area contributed by atoms with Crippen LogP contribution >= 0.6 is 11.3 Å². The molecule has 9 aromatic carbocycles. The first-order chi connectivity index (χ1) is 58.4. The second-order valence-corrected chi connectivity index (χ2v) is 32.1. The Labute approximate surface area is 690 Å². The third kappa shape index (κ3) is 15.6. The van der Waals surface area contributed by atoms with Crippen LogP contribution in [0.3, 0.4) is 0 Å². The van der Waals surface area contributed by atoms with Gasteiger partial charge in [0.15, 0.2) is 30.6 Å². The zero-order chi connectivity index (χ0) is 85.8. The van der Waals surface area contributed by atoms with Gasteiger partial charge in [0, 0.05) is 143 Å². The van der Waals surface area contributed by atoms with Gasteiger partial charge in [-0.2, -0.15) is 0 Å². The van der Waals surface area contributed by atoms with Crippen molar-refractivity contribution in [2.75, 3.05) is 0 Å². The Balaban J connectivity index is 0.000000121. The van der Waals surface area contributed by atoms with Crippen LogP contribution in [0, 0.1) is 76.0 Å². The molecule has 0 unspecified atom stereocenters. The largest absolute Gasteiger partial charge is 0.438 e. The highest BCUT2D eigenvalue weighted by atomic mass is 32.1. The van der Waals surface area contributed by atoms with E-state index in [1.165, 1.54) is 101 Å². The monoisotopic (exact) mass is 1530 g/mol. The quantitative estimate of drug-likeness (QED) is 0.135. The Morgan fingerprint density at radius 3 is 1.41 bits per heavy atom. The summed E-state index contributed by atoms with van der Waals surface area (Å²) in [5.41, 5.74) is 30.7. The summed E-state index contributed by atoms with van der Waals surface area (Å²) in [6.07, 6.45) is 15.3. The molecule has 0 amide bonds. The van der Waals surface area contributed by atoms with Gasteiger partial charge in [0.05, 0.1) is 28.0 Å². The summed E-state index contributed by atoms with van der Waals surface area (Å²) in [5.74, 6) is 0.324. The van der Waals surface area contributed by atoms with E-state index in [1.54, 1.807) is 12.4 Å². The molecule has 9 aromatic heterocycles. The van der Waals surface area contributed by atoms with Crippen LogP contribution in [0.15, 0.2) is 272 Å². The molecule has 19 rings (SSSR count). The van der Waals surface area contributed by atoms with Crippen LogP contribution < -0.4 is 18.3 Å². The molecule has 1 fully saturated rings. The van der Waals surface area contributed by atoms with Crippen LogP contribution in [0.25, 0.3) is 154 Å². The minimum Gasteiger partial charge on any atom is -0.438 e. The third-order valence-electron chi connectivity index (χ3n) is 22.7. The fourth-order valence-corrected chi connectivity index (χ4v) is 17.8. The van der Waals surface area contributed by atoms with Gasteiger partial charge in [-0.15, -0.1) is 11.3 Å². The summed E-state index contributed by atoms with van der Waals surface area (Å²) in [7, 11) is 8.00. The molecule has 568 valence electrons. The number of aryl methyl sites for hydroxylation is 15. The number of hydrogen-bond acceptors (Lipinski definition) is 6. The van der Waals surface area contributed by atoms with E-state index in [4.69, 9.17) is 27.6 Å². The lowest BCUT2D eigenvalue weighted by molar-refractivity contribution is -0.660. The van der Waals surface area contributed by atoms with Crippen molar-refractivity contribution >= 4 is 75.4 Å². The Morgan fingerprint density at radius 1 is 0.357 bits per heavy atom. The van der Waals surface area contributed by atoms with Crippen LogP contribution in [0.5, 0.6) is 0 Å². The average molecular weight is 1530 g/mol. The van der Waals surface area contributed by atoms with E-state index in [-0.39, 0.29) is 5.56 Å². The number of fused-ring (bicyclic) bond motifs is 8. The van der Waals surface area contributed by atoms with Crippen molar-refractivity contribution in [2.24, 2.45) is 28.2 Å². The Hall–Kier alpha value is -12.5. The summed E-state index contributed by atoms with van der Waals surface area (Å²) in [6, 6.07) is 81.2. The van der Waals surface area contributed by atoms with Crippen molar-refractivity contribution in [1.29, 1.82) is 0 Å². The summed E-state index contributed by atoms with van der Waals surface area (Å²) in [6.45, 7) is 14.4. The molecular formula is C105H100N8OS+4. The normalized spacial score (nSPS) is 13.7. The van der Waals surface area contributed by atoms with Crippen molar-refractivity contribution < 1.29 is 32.3 Å². The third-order valence-corrected chi connectivity index (χ3v) is 24.0. The number of hydrogen-bond donors (Lipinski definition) is 0. The highest BCUT2D eigenvalue weighted by Crippen LogP contribution is 2.46. The van der Waals surface area contributed by atoms with Gasteiger partial charge in [-0.05, 0) is 206 Å². The van der Waals surface area contributed by atoms with E-state index in [2.05, 4.69) is 216 Å². The first-order valence-electron chi connectivity index (χ1n) is 43.1. The molecule has 0 N–H and O–H groups in total. The molecule has 1 aliphatic rings. The molecular weight excluding hydrogens is 1420 g/mol. The maximum atomic E-state index is 9.32. The Morgan fingerprint density at radius 2 is 0.826 bits per heavy atom. The SMILES string of the molecule is Cc1ccc2nc(-c3cc(-c4ccccc4C)[n+](C)cc3C)ncc2c1.[2H]C([2H])([2H])c1c[n+](C)c(-c2ccccc2C)cc1-c1ccc2c(n1)oc1cc(C)ccc12.[2H]C([2H])([2H])c1c[n+](C)c(-c2ccccc2C)cc1-c1ccc2cc(C)ccc2n1.[2H]C1(c2cccc3c2sc2c(-c4c[n+](C)c(-c5ccccc5C)cc4C)cccc23)CCCCC1. The maximum absolute atomic E-state index is 9.32. The second kappa shape index (κ2) is 32.5. The highest BCUT2D eigenvalue weighted by Gasteiger charge is 2.26. The van der Waals surface area contributed by atoms with Gasteiger partial charge >= 0.3 is 0 Å². The number of nitrogens with zero attached hydrogens (tertiary/aromatic N) is 8. The Bertz CT molecular complexity index is 7120. The fourth-order valence-electron chi connectivity index (χ4n) is 16.4. The van der Waals surface area contributed by atoms with Gasteiger partial charge in [0.1, 0.15) is 33.8 Å². The van der Waals surface area contributed by atoms with Gasteiger partial charge in [0.25, 0.3) is 0 Å². The predicted octanol–water partition coefficient (Wildman–Crippen LogP) is 25.0. The van der Waals surface area contributed by atoms with Crippen molar-refractivity contribution in [3.8, 4) is 90.1 Å². The van der Waals surface area contributed by atoms with Gasteiger partial charge in [0.2, 0.25) is 28.5 Å². The minimum absolute atomic E-state index is 0.260. The zero-order valence-corrected chi connectivity index (χ0v) is 68.6. The number of thiophene rings is 1. The molecule has 0 aliphatic heterocycles. The molecule has 9 nitrogen and oxygen atoms in total. The van der Waals surface area contributed by atoms with Crippen LogP contribution in [-0.2, 0) is 28.2 Å². The lowest BCUT2D eigenvalue weighted by Gasteiger charge is -2.22. The lowest BCUT2D eigenvalue weighted by Crippen LogP contribution is -2.31. The second-order valence-electron chi connectivity index (χ2n) is 31.1. The lowest BCUT2D eigenvalue weighted by atomic mass is 9.83. The van der Waals surface area contributed by atoms with Crippen molar-refractivity contribution in [2.45, 2.75) is 114 Å². The van der Waals surface area contributed by atoms with Crippen LogP contribution in [0.1, 0.15) is 114 Å². The standard InChI is InChI=1S/C32H32NS.C26H23N2O.C24H23N2.C23H22N3/c1-21-11-7-8-14-24(21)30-19-22(2)29(20-33(30)3)28-18-10-17-27-26-16-9-15-25(31(26)34-32(27)28)23-12-5-4-6-13-23;1-16-9-10-20-21-11-12-23(27-26(21)29-25(20)13-16)22-14-24(28(4)15-18(22)3)19-8-6-5-7-17(19)2;1-16-9-11-22-19(13-16)10-12-23(25-22)21-14-24(26(4)15-18(21)3)20-8-6-5-7-17(20)2;1-15-9-10-21-18(11-15)13-24-23(25-21)20-12-22(26(4)14-17(20)3)19-8-6-5-7-16(19)2/h7-11,14-20,23H,4-6,12-13H2,1-3H3;5-15H,1-4H3;5-15H,1-4H3;5-14H,1-4H3/q4*+1/i23D;2*3D3;. The maximum Gasteiger partial charge on any atom is 0.227 e. The smallest absolute Gasteiger partial charge is 0.227 e. The average Bonchev–Trinajstić information content (AvgIpc) is 1.55. The minimum atomic E-state index is -2.28. The zero-order valence-electron chi connectivity index (χ0n) is 74.8. The molecule has 10 heteroatoms. The van der Waals surface area contributed by atoms with Crippen LogP contribution in [0.4, 0.5) is 0 Å². The van der Waals surface area contributed by atoms with Crippen molar-refractivity contribution in [3.63, 3.8) is 0 Å². The van der Waals surface area contributed by atoms with Crippen LogP contribution in [0.2, 0.25) is 0 Å². The molecule has 1 aliphatic carbocycles. The predicted molar refractivity (Wildman–Crippen MR) is 478 cm³/mol. The molecule has 0 radical (unpaired) electrons. The van der Waals surface area contributed by atoms with E-state index < -0.39 is 19.6 Å².